The molecule has 2 N–H and O–H groups in total. The summed E-state index contributed by atoms with van der Waals surface area (Å²) in [6.07, 6.45) is 4.26. The number of benzene rings is 2. The molecule has 234 valence electrons. The van der Waals surface area contributed by atoms with Crippen molar-refractivity contribution >= 4 is 44.9 Å². The molecule has 10 nitrogen and oxygen atoms in total. The second-order valence-corrected chi connectivity index (χ2v) is 10.7. The number of halogens is 4. The molecule has 2 aromatic carbocycles. The number of alkyl halides is 3. The maximum Gasteiger partial charge on any atom is 0.573 e. The fourth-order valence-corrected chi connectivity index (χ4v) is 5.57. The monoisotopic (exact) mass is 630 g/mol. The lowest BCUT2D eigenvalue weighted by Gasteiger charge is -2.23. The van der Waals surface area contributed by atoms with Gasteiger partial charge in [-0.3, -0.25) is 4.57 Å². The maximum absolute atomic E-state index is 14.0. The van der Waals surface area contributed by atoms with Gasteiger partial charge in [-0.05, 0) is 62.1 Å². The highest BCUT2D eigenvalue weighted by atomic mass is 19.4. The minimum atomic E-state index is -5.04. The molecular weight excluding hydrogens is 604 g/mol. The molecule has 6 aromatic rings. The van der Waals surface area contributed by atoms with Gasteiger partial charge in [0.05, 0.1) is 12.0 Å². The Morgan fingerprint density at radius 3 is 2.61 bits per heavy atom. The Labute approximate surface area is 259 Å². The van der Waals surface area contributed by atoms with Gasteiger partial charge in [-0.1, -0.05) is 12.1 Å². The summed E-state index contributed by atoms with van der Waals surface area (Å²) in [4.78, 5) is 22.8. The van der Waals surface area contributed by atoms with Crippen LogP contribution in [0.3, 0.4) is 0 Å². The van der Waals surface area contributed by atoms with Gasteiger partial charge in [0.1, 0.15) is 35.4 Å². The lowest BCUT2D eigenvalue weighted by atomic mass is 10.0. The molecular formula is C32H26F4N8O2. The molecule has 1 atom stereocenters. The second kappa shape index (κ2) is 11.9. The van der Waals surface area contributed by atoms with Gasteiger partial charge in [0.2, 0.25) is 0 Å². The van der Waals surface area contributed by atoms with E-state index in [4.69, 9.17) is 4.74 Å². The number of pyridine rings is 2. The summed E-state index contributed by atoms with van der Waals surface area (Å²) in [5.41, 5.74) is 4.38. The number of aryl methyl sites for hydroxylation is 1. The van der Waals surface area contributed by atoms with Gasteiger partial charge in [-0.15, -0.1) is 13.2 Å². The molecule has 7 rings (SSSR count). The lowest BCUT2D eigenvalue weighted by Crippen LogP contribution is -2.18. The van der Waals surface area contributed by atoms with Crippen LogP contribution in [-0.2, 0) is 4.74 Å². The molecule has 0 radical (unpaired) electrons. The fourth-order valence-electron chi connectivity index (χ4n) is 5.57. The van der Waals surface area contributed by atoms with Crippen molar-refractivity contribution < 1.29 is 27.0 Å². The minimum Gasteiger partial charge on any atom is -0.403 e. The molecule has 0 spiro atoms. The van der Waals surface area contributed by atoms with E-state index in [-0.39, 0.29) is 11.9 Å². The van der Waals surface area contributed by atoms with Crippen LogP contribution in [0, 0.1) is 12.7 Å². The molecule has 0 saturated carbocycles. The van der Waals surface area contributed by atoms with E-state index in [0.29, 0.717) is 46.1 Å². The molecule has 1 saturated heterocycles. The Morgan fingerprint density at radius 2 is 1.78 bits per heavy atom. The van der Waals surface area contributed by atoms with Gasteiger partial charge in [-0.2, -0.15) is 0 Å². The largest absolute Gasteiger partial charge is 0.573 e. The van der Waals surface area contributed by atoms with Gasteiger partial charge in [0.15, 0.2) is 17.2 Å². The first kappa shape index (κ1) is 29.3. The molecule has 1 fully saturated rings. The number of nitrogens with one attached hydrogen (secondary N) is 2. The topological polar surface area (TPSA) is 112 Å². The van der Waals surface area contributed by atoms with E-state index >= 15 is 0 Å². The van der Waals surface area contributed by atoms with Crippen molar-refractivity contribution in [2.24, 2.45) is 0 Å². The normalized spacial score (nSPS) is 15.3. The predicted octanol–water partition coefficient (Wildman–Crippen LogP) is 7.97. The highest BCUT2D eigenvalue weighted by Gasteiger charge is 2.32. The summed E-state index contributed by atoms with van der Waals surface area (Å²) in [6.45, 7) is 2.63. The third-order valence-electron chi connectivity index (χ3n) is 7.70. The van der Waals surface area contributed by atoms with Crippen molar-refractivity contribution in [1.29, 1.82) is 0 Å². The number of hydrogen-bond acceptors (Lipinski definition) is 9. The highest BCUT2D eigenvalue weighted by Crippen LogP contribution is 2.38. The minimum absolute atomic E-state index is 0.138. The number of fused-ring (bicyclic) bond motifs is 2. The Balaban J connectivity index is 1.25. The van der Waals surface area contributed by atoms with Crippen LogP contribution < -0.4 is 15.4 Å². The van der Waals surface area contributed by atoms with Crippen LogP contribution >= 0.6 is 0 Å². The number of aromatic nitrogens is 6. The van der Waals surface area contributed by atoms with Crippen molar-refractivity contribution in [3.8, 4) is 17.0 Å². The average Bonchev–Trinajstić information content (AvgIpc) is 3.49. The molecule has 46 heavy (non-hydrogen) atoms. The van der Waals surface area contributed by atoms with Gasteiger partial charge < -0.3 is 20.1 Å². The number of rotatable bonds is 7. The quantitative estimate of drug-likeness (QED) is 0.170. The summed E-state index contributed by atoms with van der Waals surface area (Å²) < 4.78 is 64.1. The van der Waals surface area contributed by atoms with Gasteiger partial charge in [-0.25, -0.2) is 29.3 Å². The van der Waals surface area contributed by atoms with Crippen LogP contribution in [0.2, 0.25) is 0 Å². The maximum atomic E-state index is 14.0. The van der Waals surface area contributed by atoms with E-state index < -0.39 is 17.9 Å². The summed E-state index contributed by atoms with van der Waals surface area (Å²) in [7, 11) is 0. The third kappa shape index (κ3) is 5.74. The van der Waals surface area contributed by atoms with Crippen LogP contribution in [0.15, 0.2) is 73.6 Å². The van der Waals surface area contributed by atoms with E-state index in [9.17, 15) is 17.6 Å². The fraction of sp³-hybridized carbons (Fsp3) is 0.219. The van der Waals surface area contributed by atoms with Gasteiger partial charge >= 0.3 is 6.36 Å². The number of imidazole rings is 1. The molecule has 1 aliphatic heterocycles. The van der Waals surface area contributed by atoms with Crippen LogP contribution in [0.1, 0.15) is 31.1 Å². The van der Waals surface area contributed by atoms with E-state index in [1.807, 2.05) is 41.8 Å². The first-order valence-electron chi connectivity index (χ1n) is 14.5. The smallest absolute Gasteiger partial charge is 0.403 e. The molecule has 5 heterocycles. The van der Waals surface area contributed by atoms with Crippen molar-refractivity contribution in [2.45, 2.75) is 38.8 Å². The van der Waals surface area contributed by atoms with Crippen LogP contribution in [-0.4, -0.2) is 42.5 Å². The number of ether oxygens (including phenoxy) is 2. The van der Waals surface area contributed by atoms with Crippen LogP contribution in [0.4, 0.5) is 40.6 Å². The SMILES string of the molecule is Cc1ccc2c(Nc3ccc(F)c(OC(F)(F)F)c3)nccc2c1Nc1ncccc1-c1ncnc2c1ncn2C1CCCCO1. The summed E-state index contributed by atoms with van der Waals surface area (Å²) in [5, 5.41) is 7.88. The van der Waals surface area contributed by atoms with Gasteiger partial charge in [0.25, 0.3) is 0 Å². The van der Waals surface area contributed by atoms with Crippen molar-refractivity contribution in [1.82, 2.24) is 29.5 Å². The third-order valence-corrected chi connectivity index (χ3v) is 7.70. The number of hydrogen-bond donors (Lipinski definition) is 2. The number of nitrogens with zero attached hydrogens (tertiary/aromatic N) is 6. The number of anilines is 4. The van der Waals surface area contributed by atoms with Gasteiger partial charge in [0, 0.05) is 47.1 Å². The standard InChI is InChI=1S/C32H26F4N8O2/c1-18-7-9-21-20(11-13-38-29(21)42-19-8-10-23(33)24(15-19)46-32(34,35)36)26(18)43-30-22(5-4-12-37-30)27-28-31(40-16-39-27)44(17-41-28)25-6-2-3-14-45-25/h4-5,7-13,15-17,25H,2-3,6,14H2,1H3,(H,37,43)(H,38,42). The molecule has 0 bridgehead atoms. The molecule has 1 aliphatic rings. The summed E-state index contributed by atoms with van der Waals surface area (Å²) in [5.74, 6) is -1.22. The first-order chi connectivity index (χ1) is 22.2. The van der Waals surface area contributed by atoms with Crippen molar-refractivity contribution in [2.75, 3.05) is 17.2 Å². The van der Waals surface area contributed by atoms with E-state index in [1.165, 1.54) is 12.4 Å². The van der Waals surface area contributed by atoms with Crippen LogP contribution in [0.5, 0.6) is 5.75 Å². The zero-order valence-corrected chi connectivity index (χ0v) is 24.3. The van der Waals surface area contributed by atoms with E-state index in [1.54, 1.807) is 18.7 Å². The zero-order valence-electron chi connectivity index (χ0n) is 24.3. The van der Waals surface area contributed by atoms with Crippen LogP contribution in [0.25, 0.3) is 33.2 Å². The van der Waals surface area contributed by atoms with E-state index in [2.05, 4.69) is 40.3 Å². The summed E-state index contributed by atoms with van der Waals surface area (Å²) >= 11 is 0. The zero-order chi connectivity index (χ0) is 31.8. The lowest BCUT2D eigenvalue weighted by molar-refractivity contribution is -0.275. The Hall–Kier alpha value is -5.37. The predicted molar refractivity (Wildman–Crippen MR) is 164 cm³/mol. The summed E-state index contributed by atoms with van der Waals surface area (Å²) in [6, 6.07) is 12.4. The van der Waals surface area contributed by atoms with Crippen molar-refractivity contribution in [3.63, 3.8) is 0 Å². The Morgan fingerprint density at radius 1 is 0.913 bits per heavy atom. The van der Waals surface area contributed by atoms with Crippen molar-refractivity contribution in [3.05, 3.63) is 85.0 Å². The molecule has 0 amide bonds. The first-order valence-corrected chi connectivity index (χ1v) is 14.5. The Bertz CT molecular complexity index is 2060. The highest BCUT2D eigenvalue weighted by molar-refractivity contribution is 6.03. The molecule has 14 heteroatoms. The molecule has 4 aromatic heterocycles. The Kier molecular flexibility index (Phi) is 7.56. The average molecular weight is 631 g/mol. The van der Waals surface area contributed by atoms with E-state index in [0.717, 1.165) is 48.0 Å². The molecule has 0 aliphatic carbocycles. The second-order valence-electron chi connectivity index (χ2n) is 10.7. The molecule has 1 unspecified atom stereocenters.